The first-order chi connectivity index (χ1) is 13.1. The van der Waals surface area contributed by atoms with Gasteiger partial charge in [-0.15, -0.1) is 0 Å². The first-order valence-corrected chi connectivity index (χ1v) is 9.73. The number of piperidine rings is 1. The van der Waals surface area contributed by atoms with Crippen molar-refractivity contribution >= 4 is 5.91 Å². The minimum absolute atomic E-state index is 0.141. The average molecular weight is 368 g/mol. The van der Waals surface area contributed by atoms with Crippen LogP contribution in [0, 0.1) is 12.7 Å². The van der Waals surface area contributed by atoms with Crippen LogP contribution < -0.4 is 4.74 Å². The number of hydrogen-bond acceptors (Lipinski definition) is 3. The van der Waals surface area contributed by atoms with Crippen molar-refractivity contribution in [3.63, 3.8) is 0 Å². The van der Waals surface area contributed by atoms with Gasteiger partial charge in [-0.05, 0) is 55.5 Å². The Bertz CT molecular complexity index is 797. The lowest BCUT2D eigenvalue weighted by atomic mass is 9.98. The second-order valence-corrected chi connectivity index (χ2v) is 7.67. The topological polar surface area (TPSA) is 42.4 Å². The smallest absolute Gasteiger partial charge is 0.223 e. The van der Waals surface area contributed by atoms with E-state index in [4.69, 9.17) is 4.74 Å². The number of benzene rings is 1. The highest BCUT2D eigenvalue weighted by atomic mass is 19.1. The molecule has 142 valence electrons. The fourth-order valence-corrected chi connectivity index (χ4v) is 4.41. The van der Waals surface area contributed by atoms with E-state index in [0.717, 1.165) is 37.0 Å². The standard InChI is InChI=1S/C22H25FN2O2/c1-15-4-5-16(11-21(15)23)6-9-22(26)25-17-7-8-18(25)13-20(12-17)27-19-3-2-10-24-14-19/h2-5,10-11,14,17-18,20H,6-9,12-13H2,1H3. The van der Waals surface area contributed by atoms with Crippen molar-refractivity contribution in [2.75, 3.05) is 0 Å². The van der Waals surface area contributed by atoms with Gasteiger partial charge >= 0.3 is 0 Å². The van der Waals surface area contributed by atoms with Crippen molar-refractivity contribution in [2.45, 2.75) is 63.6 Å². The summed E-state index contributed by atoms with van der Waals surface area (Å²) < 4.78 is 19.8. The van der Waals surface area contributed by atoms with Gasteiger partial charge in [-0.3, -0.25) is 9.78 Å². The summed E-state index contributed by atoms with van der Waals surface area (Å²) in [6, 6.07) is 9.55. The van der Waals surface area contributed by atoms with Crippen LogP contribution in [0.15, 0.2) is 42.7 Å². The van der Waals surface area contributed by atoms with Crippen molar-refractivity contribution in [3.05, 3.63) is 59.7 Å². The number of carbonyl (C=O) groups is 1. The molecule has 2 atom stereocenters. The number of nitrogens with zero attached hydrogens (tertiary/aromatic N) is 2. The highest BCUT2D eigenvalue weighted by Crippen LogP contribution is 2.37. The van der Waals surface area contributed by atoms with Crippen LogP contribution in [0.2, 0.25) is 0 Å². The lowest BCUT2D eigenvalue weighted by Crippen LogP contribution is -2.49. The number of pyridine rings is 1. The Kier molecular flexibility index (Phi) is 5.10. The zero-order chi connectivity index (χ0) is 18.8. The monoisotopic (exact) mass is 368 g/mol. The molecule has 2 saturated heterocycles. The van der Waals surface area contributed by atoms with Gasteiger partial charge in [0.2, 0.25) is 5.91 Å². The summed E-state index contributed by atoms with van der Waals surface area (Å²) in [7, 11) is 0. The Hall–Kier alpha value is -2.43. The van der Waals surface area contributed by atoms with Crippen LogP contribution in [0.4, 0.5) is 4.39 Å². The molecular formula is C22H25FN2O2. The zero-order valence-corrected chi connectivity index (χ0v) is 15.6. The van der Waals surface area contributed by atoms with E-state index in [1.807, 2.05) is 18.2 Å². The largest absolute Gasteiger partial charge is 0.489 e. The molecule has 0 saturated carbocycles. The third kappa shape index (κ3) is 3.97. The summed E-state index contributed by atoms with van der Waals surface area (Å²) in [6.07, 6.45) is 8.46. The summed E-state index contributed by atoms with van der Waals surface area (Å²) in [5.74, 6) is 0.778. The lowest BCUT2D eigenvalue weighted by molar-refractivity contribution is -0.137. The van der Waals surface area contributed by atoms with Crippen LogP contribution in [0.25, 0.3) is 0 Å². The van der Waals surface area contributed by atoms with E-state index < -0.39 is 0 Å². The Morgan fingerprint density at radius 3 is 2.70 bits per heavy atom. The third-order valence-corrected chi connectivity index (χ3v) is 5.78. The van der Waals surface area contributed by atoms with E-state index >= 15 is 0 Å². The summed E-state index contributed by atoms with van der Waals surface area (Å²) >= 11 is 0. The molecule has 3 heterocycles. The van der Waals surface area contributed by atoms with Crippen LogP contribution in [-0.2, 0) is 11.2 Å². The Morgan fingerprint density at radius 1 is 1.26 bits per heavy atom. The molecule has 1 aromatic heterocycles. The van der Waals surface area contributed by atoms with E-state index in [9.17, 15) is 9.18 Å². The minimum Gasteiger partial charge on any atom is -0.489 e. The second kappa shape index (κ2) is 7.67. The predicted molar refractivity (Wildman–Crippen MR) is 101 cm³/mol. The number of fused-ring (bicyclic) bond motifs is 2. The maximum absolute atomic E-state index is 13.7. The van der Waals surface area contributed by atoms with Gasteiger partial charge in [0.25, 0.3) is 0 Å². The molecule has 0 radical (unpaired) electrons. The van der Waals surface area contributed by atoms with Crippen LogP contribution >= 0.6 is 0 Å². The SMILES string of the molecule is Cc1ccc(CCC(=O)N2C3CCC2CC(Oc2cccnc2)C3)cc1F. The van der Waals surface area contributed by atoms with E-state index in [0.29, 0.717) is 18.4 Å². The number of carbonyl (C=O) groups excluding carboxylic acids is 1. The van der Waals surface area contributed by atoms with Gasteiger partial charge in [0.05, 0.1) is 6.20 Å². The summed E-state index contributed by atoms with van der Waals surface area (Å²) in [4.78, 5) is 19.0. The molecule has 2 aliphatic rings. The third-order valence-electron chi connectivity index (χ3n) is 5.78. The molecule has 1 aromatic carbocycles. The fourth-order valence-electron chi connectivity index (χ4n) is 4.41. The molecule has 2 fully saturated rings. The maximum atomic E-state index is 13.7. The molecule has 2 aromatic rings. The quantitative estimate of drug-likeness (QED) is 0.799. The van der Waals surface area contributed by atoms with Gasteiger partial charge in [-0.1, -0.05) is 12.1 Å². The molecule has 5 heteroatoms. The Balaban J connectivity index is 1.34. The first-order valence-electron chi connectivity index (χ1n) is 9.73. The van der Waals surface area contributed by atoms with E-state index in [-0.39, 0.29) is 29.9 Å². The van der Waals surface area contributed by atoms with Crippen molar-refractivity contribution in [1.29, 1.82) is 0 Å². The Labute approximate surface area is 159 Å². The van der Waals surface area contributed by atoms with Crippen LogP contribution in [0.5, 0.6) is 5.75 Å². The molecule has 4 rings (SSSR count). The van der Waals surface area contributed by atoms with E-state index in [1.165, 1.54) is 0 Å². The molecule has 0 aliphatic carbocycles. The van der Waals surface area contributed by atoms with Gasteiger partial charge in [0.1, 0.15) is 17.7 Å². The van der Waals surface area contributed by atoms with Gasteiger partial charge in [0, 0.05) is 37.5 Å². The number of aromatic nitrogens is 1. The average Bonchev–Trinajstić information content (AvgIpc) is 2.94. The Morgan fingerprint density at radius 2 is 2.04 bits per heavy atom. The summed E-state index contributed by atoms with van der Waals surface area (Å²) in [5.41, 5.74) is 1.52. The lowest BCUT2D eigenvalue weighted by Gasteiger charge is -2.39. The van der Waals surface area contributed by atoms with Crippen molar-refractivity contribution in [3.8, 4) is 5.75 Å². The predicted octanol–water partition coefficient (Wildman–Crippen LogP) is 4.06. The molecule has 2 unspecified atom stereocenters. The van der Waals surface area contributed by atoms with Crippen molar-refractivity contribution in [1.82, 2.24) is 9.88 Å². The maximum Gasteiger partial charge on any atom is 0.223 e. The van der Waals surface area contributed by atoms with E-state index in [2.05, 4.69) is 9.88 Å². The number of aryl methyl sites for hydroxylation is 2. The zero-order valence-electron chi connectivity index (χ0n) is 15.6. The highest BCUT2D eigenvalue weighted by Gasteiger charge is 2.43. The molecule has 1 amide bonds. The minimum atomic E-state index is -0.201. The van der Waals surface area contributed by atoms with Crippen LogP contribution in [-0.4, -0.2) is 34.0 Å². The summed E-state index contributed by atoms with van der Waals surface area (Å²) in [5, 5.41) is 0. The normalized spacial score (nSPS) is 24.1. The molecule has 2 aliphatic heterocycles. The molecular weight excluding hydrogens is 343 g/mol. The van der Waals surface area contributed by atoms with Gasteiger partial charge in [0.15, 0.2) is 0 Å². The fraction of sp³-hybridized carbons (Fsp3) is 0.455. The molecule has 0 N–H and O–H groups in total. The van der Waals surface area contributed by atoms with Gasteiger partial charge in [-0.25, -0.2) is 4.39 Å². The van der Waals surface area contributed by atoms with Gasteiger partial charge in [-0.2, -0.15) is 0 Å². The molecule has 4 nitrogen and oxygen atoms in total. The molecule has 27 heavy (non-hydrogen) atoms. The first kappa shape index (κ1) is 18.0. The number of ether oxygens (including phenoxy) is 1. The highest BCUT2D eigenvalue weighted by molar-refractivity contribution is 5.77. The number of hydrogen-bond donors (Lipinski definition) is 0. The number of halogens is 1. The van der Waals surface area contributed by atoms with Gasteiger partial charge < -0.3 is 9.64 Å². The second-order valence-electron chi connectivity index (χ2n) is 7.67. The molecule has 0 spiro atoms. The number of amides is 1. The van der Waals surface area contributed by atoms with Crippen molar-refractivity contribution in [2.24, 2.45) is 0 Å². The van der Waals surface area contributed by atoms with Crippen molar-refractivity contribution < 1.29 is 13.9 Å². The van der Waals surface area contributed by atoms with Crippen LogP contribution in [0.3, 0.4) is 0 Å². The van der Waals surface area contributed by atoms with Crippen LogP contribution in [0.1, 0.15) is 43.2 Å². The van der Waals surface area contributed by atoms with E-state index in [1.54, 1.807) is 31.5 Å². The number of rotatable bonds is 5. The molecule has 2 bridgehead atoms. The summed E-state index contributed by atoms with van der Waals surface area (Å²) in [6.45, 7) is 1.75.